The average Bonchev–Trinajstić information content (AvgIpc) is 2.94. The molecule has 0 spiro atoms. The molecule has 138 valence electrons. The standard InChI is InChI=1S/C19H30N4O2/c1-13-16(14(2)25-21-13)12-22-7-9-23(10-8-22)18-11-15-5-3-4-6-17(15)20-19(18)24/h15,17-18H,3-12H2,1-2H3,(H,20,24). The Morgan fingerprint density at radius 3 is 2.64 bits per heavy atom. The number of nitrogens with zero attached hydrogens (tertiary/aromatic N) is 3. The van der Waals surface area contributed by atoms with Gasteiger partial charge in [0, 0.05) is 44.3 Å². The van der Waals surface area contributed by atoms with Gasteiger partial charge < -0.3 is 9.84 Å². The minimum absolute atomic E-state index is 0.0839. The Hall–Kier alpha value is -1.40. The molecule has 25 heavy (non-hydrogen) atoms. The molecular weight excluding hydrogens is 316 g/mol. The quantitative estimate of drug-likeness (QED) is 0.905. The predicted molar refractivity (Wildman–Crippen MR) is 95.1 cm³/mol. The van der Waals surface area contributed by atoms with Gasteiger partial charge in [0.15, 0.2) is 0 Å². The van der Waals surface area contributed by atoms with Crippen molar-refractivity contribution < 1.29 is 9.32 Å². The number of aromatic nitrogens is 1. The highest BCUT2D eigenvalue weighted by molar-refractivity contribution is 5.83. The summed E-state index contributed by atoms with van der Waals surface area (Å²) in [6, 6.07) is 0.527. The van der Waals surface area contributed by atoms with Crippen molar-refractivity contribution in [2.24, 2.45) is 5.92 Å². The number of nitrogens with one attached hydrogen (secondary N) is 1. The Balaban J connectivity index is 1.33. The van der Waals surface area contributed by atoms with Crippen molar-refractivity contribution in [2.45, 2.75) is 64.6 Å². The molecule has 4 rings (SSSR count). The molecule has 6 nitrogen and oxygen atoms in total. The first-order valence-corrected chi connectivity index (χ1v) is 9.80. The van der Waals surface area contributed by atoms with Crippen LogP contribution in [0.4, 0.5) is 0 Å². The minimum atomic E-state index is 0.0839. The number of hydrogen-bond acceptors (Lipinski definition) is 5. The maximum atomic E-state index is 12.6. The van der Waals surface area contributed by atoms with E-state index in [1.54, 1.807) is 0 Å². The maximum Gasteiger partial charge on any atom is 0.237 e. The molecule has 1 N–H and O–H groups in total. The van der Waals surface area contributed by atoms with Gasteiger partial charge in [-0.1, -0.05) is 18.0 Å². The first kappa shape index (κ1) is 17.0. The summed E-state index contributed by atoms with van der Waals surface area (Å²) in [6.45, 7) is 8.84. The number of fused-ring (bicyclic) bond motifs is 1. The monoisotopic (exact) mass is 346 g/mol. The number of carbonyl (C=O) groups excluding carboxylic acids is 1. The first-order valence-electron chi connectivity index (χ1n) is 9.80. The SMILES string of the molecule is Cc1noc(C)c1CN1CCN(C2CC3CCCCC3NC2=O)CC1. The minimum Gasteiger partial charge on any atom is -0.361 e. The molecule has 1 aromatic heterocycles. The number of carbonyl (C=O) groups is 1. The van der Waals surface area contributed by atoms with E-state index < -0.39 is 0 Å². The Kier molecular flexibility index (Phi) is 4.82. The van der Waals surface area contributed by atoms with E-state index in [-0.39, 0.29) is 11.9 Å². The van der Waals surface area contributed by atoms with Gasteiger partial charge in [-0.15, -0.1) is 0 Å². The molecule has 2 saturated heterocycles. The highest BCUT2D eigenvalue weighted by Gasteiger charge is 2.40. The number of piperidine rings is 1. The number of piperazine rings is 1. The second-order valence-electron chi connectivity index (χ2n) is 8.03. The second-order valence-corrected chi connectivity index (χ2v) is 8.03. The van der Waals surface area contributed by atoms with Crippen molar-refractivity contribution >= 4 is 5.91 Å². The lowest BCUT2D eigenvalue weighted by atomic mass is 9.77. The topological polar surface area (TPSA) is 61.6 Å². The highest BCUT2D eigenvalue weighted by atomic mass is 16.5. The summed E-state index contributed by atoms with van der Waals surface area (Å²) in [5.41, 5.74) is 2.21. The summed E-state index contributed by atoms with van der Waals surface area (Å²) in [5.74, 6) is 1.88. The van der Waals surface area contributed by atoms with Gasteiger partial charge in [-0.25, -0.2) is 0 Å². The molecule has 3 atom stereocenters. The molecule has 1 saturated carbocycles. The van der Waals surface area contributed by atoms with Crippen LogP contribution in [-0.2, 0) is 11.3 Å². The van der Waals surface area contributed by atoms with Crippen LogP contribution in [-0.4, -0.2) is 59.1 Å². The highest BCUT2D eigenvalue weighted by Crippen LogP contribution is 2.33. The Morgan fingerprint density at radius 1 is 1.16 bits per heavy atom. The van der Waals surface area contributed by atoms with Crippen LogP contribution in [0, 0.1) is 19.8 Å². The van der Waals surface area contributed by atoms with Crippen molar-refractivity contribution in [3.8, 4) is 0 Å². The summed E-state index contributed by atoms with van der Waals surface area (Å²) in [4.78, 5) is 17.4. The number of hydrogen-bond donors (Lipinski definition) is 1. The van der Waals surface area contributed by atoms with Crippen LogP contribution in [0.2, 0.25) is 0 Å². The van der Waals surface area contributed by atoms with E-state index in [2.05, 4.69) is 20.3 Å². The van der Waals surface area contributed by atoms with Crippen LogP contribution in [0.25, 0.3) is 0 Å². The van der Waals surface area contributed by atoms with Crippen LogP contribution < -0.4 is 5.32 Å². The van der Waals surface area contributed by atoms with Crippen molar-refractivity contribution in [2.75, 3.05) is 26.2 Å². The van der Waals surface area contributed by atoms with Gasteiger partial charge >= 0.3 is 0 Å². The van der Waals surface area contributed by atoms with Crippen molar-refractivity contribution in [1.29, 1.82) is 0 Å². The van der Waals surface area contributed by atoms with Crippen molar-refractivity contribution in [3.63, 3.8) is 0 Å². The molecule has 3 fully saturated rings. The van der Waals surface area contributed by atoms with Gasteiger partial charge in [0.05, 0.1) is 11.7 Å². The molecular formula is C19H30N4O2. The molecule has 1 aliphatic carbocycles. The Labute approximate surface area is 149 Å². The summed E-state index contributed by atoms with van der Waals surface area (Å²) in [6.07, 6.45) is 6.11. The lowest BCUT2D eigenvalue weighted by Gasteiger charge is -2.45. The van der Waals surface area contributed by atoms with Gasteiger partial charge in [-0.05, 0) is 39.0 Å². The van der Waals surface area contributed by atoms with E-state index >= 15 is 0 Å². The van der Waals surface area contributed by atoms with Crippen LogP contribution in [0.5, 0.6) is 0 Å². The fourth-order valence-electron chi connectivity index (χ4n) is 4.85. The van der Waals surface area contributed by atoms with E-state index in [1.807, 2.05) is 13.8 Å². The normalized spacial score (nSPS) is 31.6. The smallest absolute Gasteiger partial charge is 0.237 e. The van der Waals surface area contributed by atoms with Gasteiger partial charge in [0.2, 0.25) is 5.91 Å². The molecule has 3 heterocycles. The van der Waals surface area contributed by atoms with Crippen molar-refractivity contribution in [3.05, 3.63) is 17.0 Å². The fraction of sp³-hybridized carbons (Fsp3) is 0.789. The molecule has 1 aromatic rings. The lowest BCUT2D eigenvalue weighted by molar-refractivity contribution is -0.132. The molecule has 0 aromatic carbocycles. The van der Waals surface area contributed by atoms with Crippen LogP contribution >= 0.6 is 0 Å². The molecule has 3 aliphatic rings. The van der Waals surface area contributed by atoms with Gasteiger partial charge in [-0.3, -0.25) is 14.6 Å². The molecule has 6 heteroatoms. The zero-order chi connectivity index (χ0) is 17.4. The average molecular weight is 346 g/mol. The summed E-state index contributed by atoms with van der Waals surface area (Å²) < 4.78 is 5.28. The largest absolute Gasteiger partial charge is 0.361 e. The van der Waals surface area contributed by atoms with E-state index in [1.165, 1.54) is 31.2 Å². The van der Waals surface area contributed by atoms with E-state index in [9.17, 15) is 4.79 Å². The van der Waals surface area contributed by atoms with Crippen LogP contribution in [0.1, 0.15) is 49.1 Å². The molecule has 0 bridgehead atoms. The van der Waals surface area contributed by atoms with Gasteiger partial charge in [-0.2, -0.15) is 0 Å². The Bertz CT molecular complexity index is 601. The maximum absolute atomic E-state index is 12.6. The molecule has 3 unspecified atom stereocenters. The molecule has 1 amide bonds. The predicted octanol–water partition coefficient (Wildman–Crippen LogP) is 1.86. The van der Waals surface area contributed by atoms with Gasteiger partial charge in [0.1, 0.15) is 5.76 Å². The first-order chi connectivity index (χ1) is 12.1. The fourth-order valence-corrected chi connectivity index (χ4v) is 4.85. The summed E-state index contributed by atoms with van der Waals surface area (Å²) >= 11 is 0. The number of amides is 1. The third-order valence-electron chi connectivity index (χ3n) is 6.48. The zero-order valence-electron chi connectivity index (χ0n) is 15.5. The second kappa shape index (κ2) is 7.08. The summed E-state index contributed by atoms with van der Waals surface area (Å²) in [5, 5.41) is 7.37. The van der Waals surface area contributed by atoms with Crippen molar-refractivity contribution in [1.82, 2.24) is 20.3 Å². The van der Waals surface area contributed by atoms with Crippen LogP contribution in [0.15, 0.2) is 4.52 Å². The number of aryl methyl sites for hydroxylation is 2. The third kappa shape index (κ3) is 3.47. The van der Waals surface area contributed by atoms with E-state index in [0.29, 0.717) is 12.0 Å². The van der Waals surface area contributed by atoms with Gasteiger partial charge in [0.25, 0.3) is 0 Å². The Morgan fingerprint density at radius 2 is 1.92 bits per heavy atom. The van der Waals surface area contributed by atoms with E-state index in [0.717, 1.165) is 50.6 Å². The summed E-state index contributed by atoms with van der Waals surface area (Å²) in [7, 11) is 0. The molecule has 0 radical (unpaired) electrons. The number of rotatable bonds is 3. The molecule has 2 aliphatic heterocycles. The van der Waals surface area contributed by atoms with E-state index in [4.69, 9.17) is 4.52 Å². The zero-order valence-corrected chi connectivity index (χ0v) is 15.5. The van der Waals surface area contributed by atoms with Crippen LogP contribution in [0.3, 0.4) is 0 Å². The third-order valence-corrected chi connectivity index (χ3v) is 6.48. The lowest BCUT2D eigenvalue weighted by Crippen LogP contribution is -2.61.